The molecule has 0 unspecified atom stereocenters. The van der Waals surface area contributed by atoms with Crippen LogP contribution in [-0.2, 0) is 12.5 Å². The van der Waals surface area contributed by atoms with Gasteiger partial charge in [-0.2, -0.15) is 4.58 Å². The zero-order valence-corrected chi connectivity index (χ0v) is 20.4. The number of fused-ring (bicyclic) bond motifs is 2. The van der Waals surface area contributed by atoms with E-state index < -0.39 is 0 Å². The Bertz CT molecular complexity index is 1050. The lowest BCUT2D eigenvalue weighted by molar-refractivity contribution is -0.645. The topological polar surface area (TPSA) is 6.89 Å². The third kappa shape index (κ3) is 3.83. The molecule has 1 aliphatic rings. The maximum atomic E-state index is 2.31. The van der Waals surface area contributed by atoms with Crippen LogP contribution in [0.3, 0.4) is 0 Å². The summed E-state index contributed by atoms with van der Waals surface area (Å²) in [6, 6.07) is 19.4. The van der Waals surface area contributed by atoms with Crippen LogP contribution in [0.25, 0.3) is 17.0 Å². The van der Waals surface area contributed by atoms with Crippen molar-refractivity contribution in [3.05, 3.63) is 78.0 Å². The summed E-state index contributed by atoms with van der Waals surface area (Å²) >= 11 is 0. The molecule has 0 saturated carbocycles. The zero-order valence-electron chi connectivity index (χ0n) is 16.1. The lowest BCUT2D eigenvalue weighted by Gasteiger charge is -2.15. The summed E-state index contributed by atoms with van der Waals surface area (Å²) in [4.78, 5) is 0. The summed E-state index contributed by atoms with van der Waals surface area (Å²) < 4.78 is 4.50. The molecule has 0 N–H and O–H groups in total. The minimum atomic E-state index is 0. The van der Waals surface area contributed by atoms with Crippen LogP contribution in [0, 0.1) is 0 Å². The van der Waals surface area contributed by atoms with Crippen LogP contribution in [0.15, 0.2) is 66.9 Å². The van der Waals surface area contributed by atoms with Crippen molar-refractivity contribution >= 4 is 28.4 Å². The molecule has 0 atom stereocenters. The van der Waals surface area contributed by atoms with E-state index in [1.54, 1.807) is 0 Å². The Morgan fingerprint density at radius 1 is 0.852 bits per heavy atom. The Morgan fingerprint density at radius 3 is 2.26 bits per heavy atom. The number of hydrogen-bond acceptors (Lipinski definition) is 0. The number of benzene rings is 2. The number of aromatic nitrogens is 1. The monoisotopic (exact) mass is 582 g/mol. The first-order valence-corrected chi connectivity index (χ1v) is 8.75. The van der Waals surface area contributed by atoms with E-state index >= 15 is 0 Å². The predicted molar refractivity (Wildman–Crippen MR) is 104 cm³/mol. The highest BCUT2D eigenvalue weighted by molar-refractivity contribution is 6.05. The standard InChI is InChI=1S/C23H24N2.2HI/c1-23(2)19-10-6-8-12-21(19)25(4)22(23)14-13-17-15-18-9-5-7-11-20(18)24(3)16-17;;/h5-16H,1-4H3;2*1H/q+2;;/p-2/b14-13+;;. The largest absolute Gasteiger partial charge is 1.00 e. The van der Waals surface area contributed by atoms with Gasteiger partial charge in [-0.1, -0.05) is 30.3 Å². The molecule has 27 heavy (non-hydrogen) atoms. The highest BCUT2D eigenvalue weighted by Gasteiger charge is 2.42. The van der Waals surface area contributed by atoms with Crippen LogP contribution in [0.2, 0.25) is 0 Å². The first kappa shape index (κ1) is 22.0. The molecule has 140 valence electrons. The molecule has 0 saturated heterocycles. The van der Waals surface area contributed by atoms with E-state index in [0.717, 1.165) is 0 Å². The van der Waals surface area contributed by atoms with Crippen molar-refractivity contribution in [2.45, 2.75) is 19.3 Å². The molecule has 0 amide bonds. The molecule has 4 heteroatoms. The molecule has 0 radical (unpaired) electrons. The van der Waals surface area contributed by atoms with Gasteiger partial charge in [0.05, 0.1) is 5.41 Å². The third-order valence-corrected chi connectivity index (χ3v) is 5.36. The molecule has 2 nitrogen and oxygen atoms in total. The second-order valence-corrected chi connectivity index (χ2v) is 7.36. The first-order chi connectivity index (χ1) is 12.0. The van der Waals surface area contributed by atoms with Crippen molar-refractivity contribution in [1.29, 1.82) is 0 Å². The fourth-order valence-corrected chi connectivity index (χ4v) is 4.01. The Hall–Kier alpha value is -1.28. The second-order valence-electron chi connectivity index (χ2n) is 7.36. The van der Waals surface area contributed by atoms with E-state index in [0.29, 0.717) is 0 Å². The van der Waals surface area contributed by atoms with Crippen molar-refractivity contribution in [3.63, 3.8) is 0 Å². The SMILES string of the molecule is C[N+]1=C(/C=C/c2cc3ccccc3[n+](C)c2)C(C)(C)c2ccccc21.[I-].[I-]. The van der Waals surface area contributed by atoms with Crippen LogP contribution in [0.1, 0.15) is 25.0 Å². The summed E-state index contributed by atoms with van der Waals surface area (Å²) in [5.74, 6) is 0. The van der Waals surface area contributed by atoms with Gasteiger partial charge in [0, 0.05) is 34.7 Å². The van der Waals surface area contributed by atoms with E-state index in [-0.39, 0.29) is 53.4 Å². The number of hydrogen-bond donors (Lipinski definition) is 0. The highest BCUT2D eigenvalue weighted by Crippen LogP contribution is 2.39. The molecule has 4 rings (SSSR count). The van der Waals surface area contributed by atoms with E-state index in [9.17, 15) is 0 Å². The van der Waals surface area contributed by atoms with Gasteiger partial charge >= 0.3 is 0 Å². The van der Waals surface area contributed by atoms with Crippen molar-refractivity contribution in [2.75, 3.05) is 7.05 Å². The van der Waals surface area contributed by atoms with Gasteiger partial charge in [0.2, 0.25) is 11.2 Å². The van der Waals surface area contributed by atoms with Crippen molar-refractivity contribution in [1.82, 2.24) is 0 Å². The number of nitrogens with zero attached hydrogens (tertiary/aromatic N) is 2. The second kappa shape index (κ2) is 8.39. The maximum Gasteiger partial charge on any atom is 0.212 e. The Balaban J connectivity index is 0.00000131. The zero-order chi connectivity index (χ0) is 17.6. The van der Waals surface area contributed by atoms with Gasteiger partial charge < -0.3 is 48.0 Å². The van der Waals surface area contributed by atoms with Crippen LogP contribution < -0.4 is 52.5 Å². The molecule has 0 spiro atoms. The van der Waals surface area contributed by atoms with Gasteiger partial charge in [0.25, 0.3) is 0 Å². The van der Waals surface area contributed by atoms with E-state index in [2.05, 4.69) is 110 Å². The average Bonchev–Trinajstić information content (AvgIpc) is 2.80. The van der Waals surface area contributed by atoms with Crippen LogP contribution in [0.4, 0.5) is 5.69 Å². The van der Waals surface area contributed by atoms with Gasteiger partial charge in [0.15, 0.2) is 11.9 Å². The number of aryl methyl sites for hydroxylation is 1. The Labute approximate surface area is 195 Å². The minimum Gasteiger partial charge on any atom is -1.00 e. The molecular formula is C23H24I2N2. The van der Waals surface area contributed by atoms with Gasteiger partial charge in [-0.15, -0.1) is 0 Å². The molecule has 0 fully saturated rings. The highest BCUT2D eigenvalue weighted by atomic mass is 127. The summed E-state index contributed by atoms with van der Waals surface area (Å²) in [5.41, 5.74) is 6.50. The lowest BCUT2D eigenvalue weighted by atomic mass is 9.81. The number of allylic oxidation sites excluding steroid dienone is 1. The van der Waals surface area contributed by atoms with E-state index in [4.69, 9.17) is 0 Å². The minimum absolute atomic E-state index is 0. The van der Waals surface area contributed by atoms with Gasteiger partial charge in [0.1, 0.15) is 14.1 Å². The fourth-order valence-electron chi connectivity index (χ4n) is 4.01. The van der Waals surface area contributed by atoms with E-state index in [1.165, 1.54) is 33.4 Å². The molecule has 0 aliphatic carbocycles. The third-order valence-electron chi connectivity index (χ3n) is 5.36. The molecule has 3 aromatic rings. The van der Waals surface area contributed by atoms with Crippen molar-refractivity contribution in [2.24, 2.45) is 7.05 Å². The maximum absolute atomic E-state index is 2.31. The number of para-hydroxylation sites is 2. The number of pyridine rings is 1. The van der Waals surface area contributed by atoms with Crippen molar-refractivity contribution in [3.8, 4) is 0 Å². The smallest absolute Gasteiger partial charge is 0.212 e. The van der Waals surface area contributed by atoms with Gasteiger partial charge in [-0.05, 0) is 32.1 Å². The lowest BCUT2D eigenvalue weighted by Crippen LogP contribution is -3.00. The Morgan fingerprint density at radius 2 is 1.52 bits per heavy atom. The van der Waals surface area contributed by atoms with Gasteiger partial charge in [-0.3, -0.25) is 0 Å². The van der Waals surface area contributed by atoms with Gasteiger partial charge in [-0.25, -0.2) is 4.57 Å². The van der Waals surface area contributed by atoms with E-state index in [1.807, 2.05) is 0 Å². The molecular weight excluding hydrogens is 558 g/mol. The van der Waals surface area contributed by atoms with Crippen LogP contribution in [0.5, 0.6) is 0 Å². The summed E-state index contributed by atoms with van der Waals surface area (Å²) in [6.07, 6.45) is 6.69. The summed E-state index contributed by atoms with van der Waals surface area (Å²) in [6.45, 7) is 4.60. The van der Waals surface area contributed by atoms with Crippen molar-refractivity contribution < 1.29 is 57.1 Å². The molecule has 2 aromatic carbocycles. The Kier molecular flexibility index (Phi) is 6.84. The van der Waals surface area contributed by atoms with Crippen LogP contribution in [-0.4, -0.2) is 17.3 Å². The molecule has 1 aromatic heterocycles. The quantitative estimate of drug-likeness (QED) is 0.254. The average molecular weight is 582 g/mol. The number of rotatable bonds is 2. The fraction of sp³-hybridized carbons (Fsp3) is 0.217. The predicted octanol–water partition coefficient (Wildman–Crippen LogP) is -1.61. The molecule has 2 heterocycles. The van der Waals surface area contributed by atoms with Crippen LogP contribution >= 0.6 is 0 Å². The summed E-state index contributed by atoms with van der Waals surface area (Å²) in [5, 5.41) is 1.26. The molecule has 1 aliphatic heterocycles. The first-order valence-electron chi connectivity index (χ1n) is 8.75. The normalized spacial score (nSPS) is 14.8. The number of halogens is 2. The molecule has 0 bridgehead atoms. The summed E-state index contributed by atoms with van der Waals surface area (Å²) in [7, 11) is 4.27.